The van der Waals surface area contributed by atoms with Crippen molar-refractivity contribution in [3.05, 3.63) is 71.0 Å². The van der Waals surface area contributed by atoms with Gasteiger partial charge in [0.15, 0.2) is 17.5 Å². The molecule has 1 aliphatic rings. The Morgan fingerprint density at radius 1 is 1.00 bits per heavy atom. The van der Waals surface area contributed by atoms with Crippen molar-refractivity contribution in [2.24, 2.45) is 5.92 Å². The van der Waals surface area contributed by atoms with E-state index in [0.29, 0.717) is 44.8 Å². The molecule has 0 saturated heterocycles. The lowest BCUT2D eigenvalue weighted by Crippen LogP contribution is -2.33. The van der Waals surface area contributed by atoms with E-state index in [-0.39, 0.29) is 5.56 Å². The van der Waals surface area contributed by atoms with Crippen LogP contribution in [0.5, 0.6) is 0 Å². The molecule has 2 aromatic rings. The molecule has 0 bridgehead atoms. The lowest BCUT2D eigenvalue weighted by Gasteiger charge is -2.36. The second-order valence-electron chi connectivity index (χ2n) is 6.73. The highest BCUT2D eigenvalue weighted by Gasteiger charge is 2.36. The summed E-state index contributed by atoms with van der Waals surface area (Å²) in [7, 11) is 0. The molecular formula is C20H21F3O2. The van der Waals surface area contributed by atoms with E-state index in [1.807, 2.05) is 30.3 Å². The normalized spacial score (nSPS) is 23.6. The van der Waals surface area contributed by atoms with Crippen molar-refractivity contribution in [3.63, 3.8) is 0 Å². The average molecular weight is 350 g/mol. The number of ether oxygens (including phenoxy) is 1. The topological polar surface area (TPSA) is 29.5 Å². The molecule has 2 nitrogen and oxygen atoms in total. The number of hydrogen-bond donors (Lipinski definition) is 1. The van der Waals surface area contributed by atoms with Crippen molar-refractivity contribution in [1.29, 1.82) is 0 Å². The van der Waals surface area contributed by atoms with Crippen molar-refractivity contribution in [2.45, 2.75) is 37.9 Å². The molecule has 0 heterocycles. The van der Waals surface area contributed by atoms with Crippen LogP contribution in [0.25, 0.3) is 0 Å². The molecule has 1 aliphatic carbocycles. The Labute approximate surface area is 145 Å². The standard InChI is InChI=1S/C20H21F3O2/c21-17-10-16(11-18(22)19(17)23)20(24)8-6-15(7-9-20)13-25-12-14-4-2-1-3-5-14/h1-5,10-11,15,24H,6-9,12-13H2. The SMILES string of the molecule is OC1(c2cc(F)c(F)c(F)c2)CCC(COCc2ccccc2)CC1. The van der Waals surface area contributed by atoms with Gasteiger partial charge in [-0.05, 0) is 54.9 Å². The average Bonchev–Trinajstić information content (AvgIpc) is 2.62. The molecule has 0 aliphatic heterocycles. The van der Waals surface area contributed by atoms with Gasteiger partial charge in [0.1, 0.15) is 0 Å². The fourth-order valence-corrected chi connectivity index (χ4v) is 3.35. The summed E-state index contributed by atoms with van der Waals surface area (Å²) in [4.78, 5) is 0. The lowest BCUT2D eigenvalue weighted by molar-refractivity contribution is -0.0307. The summed E-state index contributed by atoms with van der Waals surface area (Å²) in [5.41, 5.74) is -0.106. The zero-order valence-corrected chi connectivity index (χ0v) is 13.9. The first-order valence-corrected chi connectivity index (χ1v) is 8.47. The van der Waals surface area contributed by atoms with E-state index in [1.165, 1.54) is 0 Å². The van der Waals surface area contributed by atoms with Crippen molar-refractivity contribution < 1.29 is 23.0 Å². The fourth-order valence-electron chi connectivity index (χ4n) is 3.35. The van der Waals surface area contributed by atoms with Gasteiger partial charge in [0.05, 0.1) is 12.2 Å². The van der Waals surface area contributed by atoms with Crippen LogP contribution in [0, 0.1) is 23.4 Å². The molecule has 0 spiro atoms. The molecule has 25 heavy (non-hydrogen) atoms. The van der Waals surface area contributed by atoms with Gasteiger partial charge in [-0.3, -0.25) is 0 Å². The van der Waals surface area contributed by atoms with Gasteiger partial charge in [-0.15, -0.1) is 0 Å². The maximum atomic E-state index is 13.4. The van der Waals surface area contributed by atoms with Gasteiger partial charge in [-0.2, -0.15) is 0 Å². The first-order chi connectivity index (χ1) is 12.0. The smallest absolute Gasteiger partial charge is 0.194 e. The van der Waals surface area contributed by atoms with E-state index in [9.17, 15) is 18.3 Å². The van der Waals surface area contributed by atoms with Gasteiger partial charge < -0.3 is 9.84 Å². The molecule has 1 saturated carbocycles. The summed E-state index contributed by atoms with van der Waals surface area (Å²) >= 11 is 0. The highest BCUT2D eigenvalue weighted by atomic mass is 19.2. The van der Waals surface area contributed by atoms with Crippen LogP contribution in [0.15, 0.2) is 42.5 Å². The van der Waals surface area contributed by atoms with Crippen LogP contribution >= 0.6 is 0 Å². The predicted octanol–water partition coefficient (Wildman–Crippen LogP) is 4.70. The van der Waals surface area contributed by atoms with E-state index in [1.54, 1.807) is 0 Å². The second-order valence-corrected chi connectivity index (χ2v) is 6.73. The van der Waals surface area contributed by atoms with Crippen molar-refractivity contribution >= 4 is 0 Å². The molecule has 3 rings (SSSR count). The Balaban J connectivity index is 1.54. The molecule has 2 aromatic carbocycles. The summed E-state index contributed by atoms with van der Waals surface area (Å²) in [5, 5.41) is 10.7. The van der Waals surface area contributed by atoms with Crippen LogP contribution in [0.2, 0.25) is 0 Å². The minimum Gasteiger partial charge on any atom is -0.385 e. The number of halogens is 3. The number of hydrogen-bond acceptors (Lipinski definition) is 2. The van der Waals surface area contributed by atoms with E-state index in [2.05, 4.69) is 0 Å². The molecule has 1 N–H and O–H groups in total. The Hall–Kier alpha value is -1.85. The van der Waals surface area contributed by atoms with Crippen molar-refractivity contribution in [1.82, 2.24) is 0 Å². The number of benzene rings is 2. The zero-order chi connectivity index (χ0) is 17.9. The molecule has 0 radical (unpaired) electrons. The largest absolute Gasteiger partial charge is 0.385 e. The van der Waals surface area contributed by atoms with Crippen molar-refractivity contribution in [2.75, 3.05) is 6.61 Å². The molecule has 0 amide bonds. The first kappa shape index (κ1) is 18.0. The summed E-state index contributed by atoms with van der Waals surface area (Å²) in [6.45, 7) is 1.12. The van der Waals surface area contributed by atoms with Gasteiger partial charge in [-0.1, -0.05) is 30.3 Å². The lowest BCUT2D eigenvalue weighted by atomic mass is 9.75. The molecule has 5 heteroatoms. The van der Waals surface area contributed by atoms with Crippen LogP contribution in [-0.4, -0.2) is 11.7 Å². The molecule has 0 unspecified atom stereocenters. The van der Waals surface area contributed by atoms with Gasteiger partial charge >= 0.3 is 0 Å². The van der Waals surface area contributed by atoms with E-state index in [4.69, 9.17) is 4.74 Å². The molecule has 134 valence electrons. The highest BCUT2D eigenvalue weighted by Crippen LogP contribution is 2.40. The first-order valence-electron chi connectivity index (χ1n) is 8.47. The monoisotopic (exact) mass is 350 g/mol. The Kier molecular flexibility index (Phi) is 5.45. The number of rotatable bonds is 5. The van der Waals surface area contributed by atoms with Crippen LogP contribution in [-0.2, 0) is 16.9 Å². The Morgan fingerprint density at radius 3 is 2.20 bits per heavy atom. The van der Waals surface area contributed by atoms with Gasteiger partial charge in [0.2, 0.25) is 0 Å². The van der Waals surface area contributed by atoms with E-state index in [0.717, 1.165) is 17.7 Å². The minimum absolute atomic E-state index is 0.104. The molecule has 1 fully saturated rings. The highest BCUT2D eigenvalue weighted by molar-refractivity contribution is 5.26. The van der Waals surface area contributed by atoms with E-state index >= 15 is 0 Å². The third-order valence-corrected chi connectivity index (χ3v) is 4.92. The Morgan fingerprint density at radius 2 is 1.60 bits per heavy atom. The summed E-state index contributed by atoms with van der Waals surface area (Å²) in [6, 6.07) is 11.6. The number of aliphatic hydroxyl groups is 1. The third kappa shape index (κ3) is 4.22. The van der Waals surface area contributed by atoms with Gasteiger partial charge in [0, 0.05) is 6.61 Å². The fraction of sp³-hybridized carbons (Fsp3) is 0.400. The molecule has 0 atom stereocenters. The van der Waals surface area contributed by atoms with E-state index < -0.39 is 23.1 Å². The summed E-state index contributed by atoms with van der Waals surface area (Å²) in [5.74, 6) is -3.75. The Bertz CT molecular complexity index is 687. The molecular weight excluding hydrogens is 329 g/mol. The van der Waals surface area contributed by atoms with Gasteiger partial charge in [-0.25, -0.2) is 13.2 Å². The van der Waals surface area contributed by atoms with Gasteiger partial charge in [0.25, 0.3) is 0 Å². The third-order valence-electron chi connectivity index (χ3n) is 4.92. The van der Waals surface area contributed by atoms with Crippen LogP contribution in [0.1, 0.15) is 36.8 Å². The maximum Gasteiger partial charge on any atom is 0.194 e. The maximum absolute atomic E-state index is 13.4. The minimum atomic E-state index is -1.50. The quantitative estimate of drug-likeness (QED) is 0.792. The zero-order valence-electron chi connectivity index (χ0n) is 13.9. The predicted molar refractivity (Wildman–Crippen MR) is 88.3 cm³/mol. The van der Waals surface area contributed by atoms with Crippen LogP contribution in [0.4, 0.5) is 13.2 Å². The van der Waals surface area contributed by atoms with Crippen LogP contribution < -0.4 is 0 Å². The second kappa shape index (κ2) is 7.58. The summed E-state index contributed by atoms with van der Waals surface area (Å²) < 4.78 is 45.7. The van der Waals surface area contributed by atoms with Crippen LogP contribution in [0.3, 0.4) is 0 Å². The summed E-state index contributed by atoms with van der Waals surface area (Å²) in [6.07, 6.45) is 2.12. The molecule has 0 aromatic heterocycles. The van der Waals surface area contributed by atoms with Crippen molar-refractivity contribution in [3.8, 4) is 0 Å².